The average Bonchev–Trinajstić information content (AvgIpc) is 3.06. The van der Waals surface area contributed by atoms with Crippen LogP contribution < -0.4 is 0 Å². The fraction of sp³-hybridized carbons (Fsp3) is 0.902. The van der Waals surface area contributed by atoms with E-state index in [0.717, 1.165) is 59.2 Å². The van der Waals surface area contributed by atoms with Crippen LogP contribution in [0.25, 0.3) is 0 Å². The molecule has 0 aromatic heterocycles. The number of hydrogen-bond donors (Lipinski definition) is 0. The minimum atomic E-state index is 0.861. The van der Waals surface area contributed by atoms with Crippen LogP contribution in [0.1, 0.15) is 174 Å². The van der Waals surface area contributed by atoms with E-state index in [2.05, 4.69) is 26.0 Å². The van der Waals surface area contributed by atoms with Crippen molar-refractivity contribution in [3.8, 4) is 0 Å². The van der Waals surface area contributed by atoms with Crippen molar-refractivity contribution in [2.24, 2.45) is 59.2 Å². The summed E-state index contributed by atoms with van der Waals surface area (Å²) in [4.78, 5) is 0. The predicted octanol–water partition coefficient (Wildman–Crippen LogP) is 12.9. The zero-order valence-corrected chi connectivity index (χ0v) is 27.6. The van der Waals surface area contributed by atoms with Crippen molar-refractivity contribution in [2.45, 2.75) is 174 Å². The second-order valence-electron chi connectivity index (χ2n) is 16.7. The summed E-state index contributed by atoms with van der Waals surface area (Å²) >= 11 is 0. The third-order valence-electron chi connectivity index (χ3n) is 14.4. The fourth-order valence-corrected chi connectivity index (χ4v) is 11.7. The highest BCUT2D eigenvalue weighted by molar-refractivity contribution is 5.33. The van der Waals surface area contributed by atoms with E-state index in [1.54, 1.807) is 38.5 Å². The maximum Gasteiger partial charge on any atom is -0.0162 e. The molecule has 0 N–H and O–H groups in total. The minimum absolute atomic E-state index is 0.861. The van der Waals surface area contributed by atoms with Crippen molar-refractivity contribution < 1.29 is 0 Å². The summed E-state index contributed by atoms with van der Waals surface area (Å²) in [6.45, 7) is 4.94. The van der Waals surface area contributed by atoms with E-state index in [4.69, 9.17) is 0 Å². The molecular weight excluding hydrogens is 492 g/mol. The Morgan fingerprint density at radius 3 is 1.59 bits per heavy atom. The molecule has 0 radical (unpaired) electrons. The van der Waals surface area contributed by atoms with E-state index in [1.165, 1.54) is 122 Å². The van der Waals surface area contributed by atoms with Crippen LogP contribution in [0.5, 0.6) is 0 Å². The highest BCUT2D eigenvalue weighted by Crippen LogP contribution is 2.49. The van der Waals surface area contributed by atoms with Crippen molar-refractivity contribution in [2.75, 3.05) is 0 Å². The minimum Gasteiger partial charge on any atom is -0.0773 e. The molecule has 6 aliphatic rings. The Bertz CT molecular complexity index is 825. The Hall–Kier alpha value is -0.520. The predicted molar refractivity (Wildman–Crippen MR) is 178 cm³/mol. The van der Waals surface area contributed by atoms with Gasteiger partial charge in [-0.15, -0.1) is 0 Å². The van der Waals surface area contributed by atoms with E-state index < -0.39 is 0 Å². The second kappa shape index (κ2) is 15.0. The molecule has 0 aliphatic heterocycles. The fourth-order valence-electron chi connectivity index (χ4n) is 11.7. The molecular formula is C41H68. The maximum atomic E-state index is 2.91. The van der Waals surface area contributed by atoms with Gasteiger partial charge in [-0.1, -0.05) is 109 Å². The van der Waals surface area contributed by atoms with Gasteiger partial charge in [-0.25, -0.2) is 0 Å². The first-order chi connectivity index (χ1) is 20.2. The lowest BCUT2D eigenvalue weighted by Crippen LogP contribution is -2.29. The highest BCUT2D eigenvalue weighted by atomic mass is 14.4. The van der Waals surface area contributed by atoms with Gasteiger partial charge in [0.15, 0.2) is 0 Å². The molecule has 0 spiro atoms. The van der Waals surface area contributed by atoms with Crippen LogP contribution in [0.3, 0.4) is 0 Å². The molecule has 6 aliphatic carbocycles. The number of hydrogen-bond acceptors (Lipinski definition) is 0. The first-order valence-electron chi connectivity index (χ1n) is 19.6. The summed E-state index contributed by atoms with van der Waals surface area (Å²) in [7, 11) is 0. The molecule has 2 atom stereocenters. The van der Waals surface area contributed by atoms with Crippen LogP contribution in [0.4, 0.5) is 0 Å². The van der Waals surface area contributed by atoms with Gasteiger partial charge in [0, 0.05) is 0 Å². The zero-order valence-electron chi connectivity index (χ0n) is 27.6. The molecule has 2 unspecified atom stereocenters. The van der Waals surface area contributed by atoms with Crippen molar-refractivity contribution >= 4 is 0 Å². The van der Waals surface area contributed by atoms with Crippen LogP contribution in [-0.4, -0.2) is 0 Å². The van der Waals surface area contributed by atoms with E-state index in [-0.39, 0.29) is 0 Å². The Morgan fingerprint density at radius 1 is 0.561 bits per heavy atom. The largest absolute Gasteiger partial charge is 0.0773 e. The summed E-state index contributed by atoms with van der Waals surface area (Å²) in [5.74, 6) is 9.88. The summed E-state index contributed by atoms with van der Waals surface area (Å²) in [6, 6.07) is 0. The SMILES string of the molecule is CCCC(C)C1CCC(C2C=C(C3CCC(C4CCCCC4)CC3)C=C(C3CCC(C4CCCCC4)CC3)C2)CC1. The van der Waals surface area contributed by atoms with Gasteiger partial charge in [0.2, 0.25) is 0 Å². The quantitative estimate of drug-likeness (QED) is 0.277. The molecule has 6 rings (SSSR count). The van der Waals surface area contributed by atoms with Gasteiger partial charge in [0.1, 0.15) is 0 Å². The van der Waals surface area contributed by atoms with Gasteiger partial charge in [-0.05, 0) is 148 Å². The van der Waals surface area contributed by atoms with Gasteiger partial charge in [-0.2, -0.15) is 0 Å². The summed E-state index contributed by atoms with van der Waals surface area (Å²) in [5.41, 5.74) is 3.78. The monoisotopic (exact) mass is 561 g/mol. The molecule has 0 aromatic carbocycles. The van der Waals surface area contributed by atoms with Crippen LogP contribution in [0.2, 0.25) is 0 Å². The first kappa shape index (κ1) is 30.5. The van der Waals surface area contributed by atoms with Gasteiger partial charge in [0.05, 0.1) is 0 Å². The van der Waals surface area contributed by atoms with Gasteiger partial charge >= 0.3 is 0 Å². The molecule has 41 heavy (non-hydrogen) atoms. The third-order valence-corrected chi connectivity index (χ3v) is 14.4. The molecule has 0 heteroatoms. The lowest BCUT2D eigenvalue weighted by molar-refractivity contribution is 0.163. The van der Waals surface area contributed by atoms with E-state index in [0.29, 0.717) is 0 Å². The molecule has 0 nitrogen and oxygen atoms in total. The molecule has 5 fully saturated rings. The smallest absolute Gasteiger partial charge is 0.0162 e. The van der Waals surface area contributed by atoms with Gasteiger partial charge < -0.3 is 0 Å². The molecule has 0 heterocycles. The van der Waals surface area contributed by atoms with Crippen molar-refractivity contribution in [1.82, 2.24) is 0 Å². The summed E-state index contributed by atoms with van der Waals surface area (Å²) in [6.07, 6.45) is 43.6. The van der Waals surface area contributed by atoms with Crippen LogP contribution in [-0.2, 0) is 0 Å². The summed E-state index contributed by atoms with van der Waals surface area (Å²) in [5, 5.41) is 0. The lowest BCUT2D eigenvalue weighted by atomic mass is 9.64. The molecule has 5 saturated carbocycles. The van der Waals surface area contributed by atoms with Crippen molar-refractivity contribution in [3.63, 3.8) is 0 Å². The number of rotatable bonds is 8. The lowest BCUT2D eigenvalue weighted by Gasteiger charge is -2.41. The highest BCUT2D eigenvalue weighted by Gasteiger charge is 2.36. The van der Waals surface area contributed by atoms with Crippen molar-refractivity contribution in [3.05, 3.63) is 23.3 Å². The Labute approximate surface area is 256 Å². The Kier molecular flexibility index (Phi) is 11.1. The van der Waals surface area contributed by atoms with Gasteiger partial charge in [0.25, 0.3) is 0 Å². The second-order valence-corrected chi connectivity index (χ2v) is 16.7. The van der Waals surface area contributed by atoms with Crippen molar-refractivity contribution in [1.29, 1.82) is 0 Å². The molecule has 0 saturated heterocycles. The van der Waals surface area contributed by atoms with Crippen LogP contribution in [0.15, 0.2) is 23.3 Å². The molecule has 0 aromatic rings. The number of allylic oxidation sites excluding steroid dienone is 4. The van der Waals surface area contributed by atoms with E-state index in [1.807, 2.05) is 11.1 Å². The molecule has 0 amide bonds. The standard InChI is InChI=1S/C41H68/c1-3-10-30(2)31-15-17-36(18-16-31)39-27-40(37-23-19-34(20-24-37)32-11-6-4-7-12-32)29-41(28-39)38-25-21-35(22-26-38)33-13-8-5-9-14-33/h27,29-39H,3-26,28H2,1-2H3. The Morgan fingerprint density at radius 2 is 1.05 bits per heavy atom. The van der Waals surface area contributed by atoms with E-state index in [9.17, 15) is 0 Å². The van der Waals surface area contributed by atoms with Crippen LogP contribution in [0, 0.1) is 59.2 Å². The first-order valence-corrected chi connectivity index (χ1v) is 19.6. The third kappa shape index (κ3) is 7.77. The molecule has 232 valence electrons. The average molecular weight is 561 g/mol. The maximum absolute atomic E-state index is 2.91. The molecule has 0 bridgehead atoms. The van der Waals surface area contributed by atoms with E-state index >= 15 is 0 Å². The topological polar surface area (TPSA) is 0 Å². The summed E-state index contributed by atoms with van der Waals surface area (Å²) < 4.78 is 0. The zero-order chi connectivity index (χ0) is 28.0. The van der Waals surface area contributed by atoms with Gasteiger partial charge in [-0.3, -0.25) is 0 Å². The van der Waals surface area contributed by atoms with Crippen LogP contribution >= 0.6 is 0 Å². The Balaban J connectivity index is 1.11. The normalized spacial score (nSPS) is 39.1.